The fourth-order valence-electron chi connectivity index (χ4n) is 2.58. The number of nitrogens with zero attached hydrogens (tertiary/aromatic N) is 2. The Morgan fingerprint density at radius 1 is 1.14 bits per heavy atom. The Bertz CT molecular complexity index is 1090. The number of hydrogen-bond donors (Lipinski definition) is 2. The van der Waals surface area contributed by atoms with Gasteiger partial charge in [-0.25, -0.2) is 9.36 Å². The van der Waals surface area contributed by atoms with Crippen LogP contribution in [0.15, 0.2) is 51.8 Å². The van der Waals surface area contributed by atoms with Crippen LogP contribution in [0.1, 0.15) is 12.5 Å². The van der Waals surface area contributed by atoms with Crippen LogP contribution in [0.2, 0.25) is 5.02 Å². The highest BCUT2D eigenvalue weighted by atomic mass is 35.5. The van der Waals surface area contributed by atoms with Crippen LogP contribution in [0.5, 0.6) is 0 Å². The quantitative estimate of drug-likeness (QED) is 0.684. The lowest BCUT2D eigenvalue weighted by molar-refractivity contribution is -0.117. The Morgan fingerprint density at radius 2 is 1.86 bits per heavy atom. The van der Waals surface area contributed by atoms with Crippen molar-refractivity contribution in [2.75, 3.05) is 10.6 Å². The molecule has 28 heavy (non-hydrogen) atoms. The Hall–Kier alpha value is -3.39. The van der Waals surface area contributed by atoms with Gasteiger partial charge in [0.05, 0.1) is 0 Å². The van der Waals surface area contributed by atoms with Crippen LogP contribution in [0.25, 0.3) is 11.4 Å². The van der Waals surface area contributed by atoms with E-state index in [0.717, 1.165) is 10.1 Å². The molecule has 0 aliphatic carbocycles. The van der Waals surface area contributed by atoms with Gasteiger partial charge in [-0.15, -0.1) is 0 Å². The molecule has 1 aromatic heterocycles. The maximum absolute atomic E-state index is 12.4. The number of hydrogen-bond acceptors (Lipinski definition) is 5. The lowest BCUT2D eigenvalue weighted by Gasteiger charge is -2.11. The smallest absolute Gasteiger partial charge is 0.326 e. The number of carbonyl (C=O) groups excluding carboxylic acids is 2. The van der Waals surface area contributed by atoms with E-state index in [1.807, 2.05) is 6.92 Å². The summed E-state index contributed by atoms with van der Waals surface area (Å²) >= 11 is 5.87. The van der Waals surface area contributed by atoms with E-state index in [0.29, 0.717) is 22.0 Å². The lowest BCUT2D eigenvalue weighted by atomic mass is 10.1. The van der Waals surface area contributed by atoms with Crippen LogP contribution in [-0.2, 0) is 16.1 Å². The molecule has 3 rings (SSSR count). The summed E-state index contributed by atoms with van der Waals surface area (Å²) in [5, 5.41) is 9.67. The van der Waals surface area contributed by atoms with Gasteiger partial charge in [-0.3, -0.25) is 14.1 Å². The van der Waals surface area contributed by atoms with Crippen molar-refractivity contribution in [1.82, 2.24) is 9.72 Å². The van der Waals surface area contributed by atoms with E-state index in [1.54, 1.807) is 42.5 Å². The zero-order valence-electron chi connectivity index (χ0n) is 15.2. The summed E-state index contributed by atoms with van der Waals surface area (Å²) in [5.41, 5.74) is 2.52. The second kappa shape index (κ2) is 8.10. The van der Waals surface area contributed by atoms with E-state index in [-0.39, 0.29) is 18.3 Å². The van der Waals surface area contributed by atoms with Crippen molar-refractivity contribution < 1.29 is 14.1 Å². The lowest BCUT2D eigenvalue weighted by Crippen LogP contribution is -2.25. The van der Waals surface area contributed by atoms with Gasteiger partial charge in [0.2, 0.25) is 11.8 Å². The number of carbonyl (C=O) groups is 2. The molecule has 3 aromatic rings. The van der Waals surface area contributed by atoms with E-state index in [9.17, 15) is 14.4 Å². The minimum absolute atomic E-state index is 0.213. The van der Waals surface area contributed by atoms with Crippen molar-refractivity contribution >= 4 is 34.8 Å². The summed E-state index contributed by atoms with van der Waals surface area (Å²) in [6.45, 7) is 2.96. The van der Waals surface area contributed by atoms with E-state index in [4.69, 9.17) is 16.1 Å². The summed E-state index contributed by atoms with van der Waals surface area (Å²) in [6.07, 6.45) is 0. The van der Waals surface area contributed by atoms with E-state index in [1.165, 1.54) is 6.92 Å². The maximum atomic E-state index is 12.4. The third-order valence-electron chi connectivity index (χ3n) is 3.92. The number of aryl methyl sites for hydroxylation is 1. The molecule has 0 saturated carbocycles. The monoisotopic (exact) mass is 400 g/mol. The van der Waals surface area contributed by atoms with Crippen LogP contribution in [0, 0.1) is 6.92 Å². The minimum Gasteiger partial charge on any atom is -0.326 e. The van der Waals surface area contributed by atoms with Gasteiger partial charge >= 0.3 is 5.76 Å². The highest BCUT2D eigenvalue weighted by Gasteiger charge is 2.16. The maximum Gasteiger partial charge on any atom is 0.442 e. The van der Waals surface area contributed by atoms with Crippen LogP contribution < -0.4 is 16.4 Å². The van der Waals surface area contributed by atoms with Crippen LogP contribution in [-0.4, -0.2) is 21.5 Å². The average Bonchev–Trinajstić information content (AvgIpc) is 2.99. The molecule has 0 aliphatic heterocycles. The Kier molecular flexibility index (Phi) is 5.60. The Labute approximate surface area is 165 Å². The SMILES string of the molecule is CC(=O)Nc1cc(NC(=O)Cn2c(-c3ccc(Cl)cc3)noc2=O)ccc1C. The second-order valence-corrected chi connectivity index (χ2v) is 6.56. The first-order valence-corrected chi connectivity index (χ1v) is 8.72. The summed E-state index contributed by atoms with van der Waals surface area (Å²) in [4.78, 5) is 35.7. The molecule has 0 bridgehead atoms. The molecule has 8 nitrogen and oxygen atoms in total. The zero-order valence-corrected chi connectivity index (χ0v) is 15.9. The highest BCUT2D eigenvalue weighted by molar-refractivity contribution is 6.30. The summed E-state index contributed by atoms with van der Waals surface area (Å²) in [7, 11) is 0. The fourth-order valence-corrected chi connectivity index (χ4v) is 2.71. The van der Waals surface area contributed by atoms with Gasteiger partial charge < -0.3 is 10.6 Å². The first-order valence-electron chi connectivity index (χ1n) is 8.34. The van der Waals surface area contributed by atoms with Gasteiger partial charge in [0, 0.05) is 28.9 Å². The standard InChI is InChI=1S/C19H17ClN4O4/c1-11-3-8-15(9-16(11)21-12(2)25)22-17(26)10-24-18(23-28-19(24)27)13-4-6-14(20)7-5-13/h3-9H,10H2,1-2H3,(H,21,25)(H,22,26). The normalized spacial score (nSPS) is 10.5. The van der Waals surface area contributed by atoms with Gasteiger partial charge in [-0.2, -0.15) is 0 Å². The number of benzene rings is 2. The highest BCUT2D eigenvalue weighted by Crippen LogP contribution is 2.21. The van der Waals surface area contributed by atoms with Gasteiger partial charge in [-0.1, -0.05) is 22.8 Å². The van der Waals surface area contributed by atoms with E-state index >= 15 is 0 Å². The average molecular weight is 401 g/mol. The third kappa shape index (κ3) is 4.47. The topological polar surface area (TPSA) is 106 Å². The first kappa shape index (κ1) is 19.4. The fraction of sp³-hybridized carbons (Fsp3) is 0.158. The number of nitrogens with one attached hydrogen (secondary N) is 2. The third-order valence-corrected chi connectivity index (χ3v) is 4.17. The van der Waals surface area contributed by atoms with Crippen molar-refractivity contribution in [2.45, 2.75) is 20.4 Å². The van der Waals surface area contributed by atoms with Crippen molar-refractivity contribution in [3.63, 3.8) is 0 Å². The predicted molar refractivity (Wildman–Crippen MR) is 105 cm³/mol. The molecular formula is C19H17ClN4O4. The number of halogens is 1. The molecule has 0 fully saturated rings. The molecule has 2 aromatic carbocycles. The van der Waals surface area contributed by atoms with Gasteiger partial charge in [-0.05, 0) is 48.9 Å². The van der Waals surface area contributed by atoms with Crippen molar-refractivity contribution in [1.29, 1.82) is 0 Å². The zero-order chi connectivity index (χ0) is 20.3. The number of amides is 2. The first-order chi connectivity index (χ1) is 13.3. The summed E-state index contributed by atoms with van der Waals surface area (Å²) in [6, 6.07) is 11.8. The summed E-state index contributed by atoms with van der Waals surface area (Å²) in [5.74, 6) is -1.18. The van der Waals surface area contributed by atoms with E-state index < -0.39 is 11.7 Å². The van der Waals surface area contributed by atoms with E-state index in [2.05, 4.69) is 15.8 Å². The van der Waals surface area contributed by atoms with Gasteiger partial charge in [0.15, 0.2) is 5.82 Å². The molecule has 0 saturated heterocycles. The number of aromatic nitrogens is 2. The second-order valence-electron chi connectivity index (χ2n) is 6.12. The molecule has 0 atom stereocenters. The molecule has 144 valence electrons. The predicted octanol–water partition coefficient (Wildman–Crippen LogP) is 3.06. The minimum atomic E-state index is -0.747. The van der Waals surface area contributed by atoms with Gasteiger partial charge in [0.25, 0.3) is 0 Å². The molecule has 1 heterocycles. The largest absolute Gasteiger partial charge is 0.442 e. The molecule has 0 radical (unpaired) electrons. The van der Waals surface area contributed by atoms with Crippen molar-refractivity contribution in [2.24, 2.45) is 0 Å². The molecule has 2 N–H and O–H groups in total. The molecule has 0 spiro atoms. The molecule has 0 aliphatic rings. The van der Waals surface area contributed by atoms with Gasteiger partial charge in [0.1, 0.15) is 6.54 Å². The summed E-state index contributed by atoms with van der Waals surface area (Å²) < 4.78 is 5.83. The molecule has 0 unspecified atom stereocenters. The van der Waals surface area contributed by atoms with Crippen LogP contribution in [0.3, 0.4) is 0 Å². The number of anilines is 2. The molecule has 9 heteroatoms. The Morgan fingerprint density at radius 3 is 2.54 bits per heavy atom. The van der Waals surface area contributed by atoms with Crippen LogP contribution in [0.4, 0.5) is 11.4 Å². The van der Waals surface area contributed by atoms with Crippen LogP contribution >= 0.6 is 11.6 Å². The Balaban J connectivity index is 1.79. The molecule has 2 amide bonds. The van der Waals surface area contributed by atoms with Crippen molar-refractivity contribution in [3.05, 3.63) is 63.6 Å². The molecular weight excluding hydrogens is 384 g/mol. The number of rotatable bonds is 5. The van der Waals surface area contributed by atoms with Crippen molar-refractivity contribution in [3.8, 4) is 11.4 Å².